The molecule has 0 aliphatic carbocycles. The van der Waals surface area contributed by atoms with Crippen LogP contribution >= 0.6 is 11.6 Å². The minimum atomic E-state index is -0.598. The van der Waals surface area contributed by atoms with Crippen LogP contribution in [0.1, 0.15) is 16.1 Å². The molecule has 0 fully saturated rings. The molecule has 0 atom stereocenters. The lowest BCUT2D eigenvalue weighted by Crippen LogP contribution is -2.16. The highest BCUT2D eigenvalue weighted by Gasteiger charge is 2.15. The lowest BCUT2D eigenvalue weighted by Gasteiger charge is -2.10. The molecular formula is C22H15ClN6O5. The van der Waals surface area contributed by atoms with E-state index < -0.39 is 11.5 Å². The molecule has 0 aliphatic rings. The molecule has 2 aromatic carbocycles. The number of nitrogens with two attached hydrogens (primary N) is 1. The van der Waals surface area contributed by atoms with Gasteiger partial charge in [-0.25, -0.2) is 4.98 Å². The van der Waals surface area contributed by atoms with Crippen molar-refractivity contribution in [3.8, 4) is 23.3 Å². The number of aromatic nitrogens is 2. The smallest absolute Gasteiger partial charge is 0.324 e. The first-order valence-corrected chi connectivity index (χ1v) is 9.96. The summed E-state index contributed by atoms with van der Waals surface area (Å²) < 4.78 is 5.13. The van der Waals surface area contributed by atoms with Gasteiger partial charge in [-0.15, -0.1) is 0 Å². The molecule has 2 aromatic heterocycles. The summed E-state index contributed by atoms with van der Waals surface area (Å²) >= 11 is 5.89. The van der Waals surface area contributed by atoms with Gasteiger partial charge >= 0.3 is 5.95 Å². The minimum absolute atomic E-state index is 0.0305. The summed E-state index contributed by atoms with van der Waals surface area (Å²) in [5.74, 6) is 4.27. The fourth-order valence-corrected chi connectivity index (χ4v) is 3.08. The van der Waals surface area contributed by atoms with E-state index >= 15 is 0 Å². The van der Waals surface area contributed by atoms with Gasteiger partial charge in [0.2, 0.25) is 5.95 Å². The highest BCUT2D eigenvalue weighted by Crippen LogP contribution is 2.24. The average molecular weight is 479 g/mol. The van der Waals surface area contributed by atoms with Crippen molar-refractivity contribution >= 4 is 34.8 Å². The Balaban J connectivity index is 1.56. The molecule has 0 spiro atoms. The summed E-state index contributed by atoms with van der Waals surface area (Å²) in [4.78, 5) is 40.2. The molecule has 12 heteroatoms. The molecule has 34 heavy (non-hydrogen) atoms. The van der Waals surface area contributed by atoms with Gasteiger partial charge in [-0.2, -0.15) is 11.2 Å². The van der Waals surface area contributed by atoms with Crippen molar-refractivity contribution in [1.29, 1.82) is 5.26 Å². The quantitative estimate of drug-likeness (QED) is 0.228. The van der Waals surface area contributed by atoms with Crippen molar-refractivity contribution in [3.05, 3.63) is 87.4 Å². The van der Waals surface area contributed by atoms with Gasteiger partial charge in [0.15, 0.2) is 5.76 Å². The predicted molar refractivity (Wildman–Crippen MR) is 122 cm³/mol. The maximum Gasteiger partial charge on any atom is 0.324 e. The second kappa shape index (κ2) is 9.88. The first-order valence-electron chi connectivity index (χ1n) is 9.59. The standard InChI is InChI=1S/C22H15ClN6O5/c23-13-3-7-15(8-4-13)27-22-28-19(16(11-24)20(30)29-22)12-1-5-14(6-2-12)26-21(31)17-9-10-18(32-17)33-34-25/h1-10H,25H2,(H,26,31)(H2,27,28,29,30). The van der Waals surface area contributed by atoms with Crippen LogP contribution < -0.4 is 27.0 Å². The first-order chi connectivity index (χ1) is 16.5. The number of amides is 1. The third-order valence-corrected chi connectivity index (χ3v) is 4.74. The van der Waals surface area contributed by atoms with E-state index in [9.17, 15) is 14.9 Å². The summed E-state index contributed by atoms with van der Waals surface area (Å²) in [6, 6.07) is 17.8. The molecule has 0 saturated heterocycles. The number of furan rings is 1. The fraction of sp³-hybridized carbons (Fsp3) is 0. The van der Waals surface area contributed by atoms with Crippen LogP contribution in [-0.4, -0.2) is 15.9 Å². The average Bonchev–Trinajstić information content (AvgIpc) is 3.30. The zero-order valence-corrected chi connectivity index (χ0v) is 17.9. The number of benzene rings is 2. The number of nitrogens with one attached hydrogen (secondary N) is 3. The van der Waals surface area contributed by atoms with Crippen LogP contribution in [0.15, 0.2) is 69.9 Å². The molecule has 11 nitrogen and oxygen atoms in total. The monoisotopic (exact) mass is 478 g/mol. The van der Waals surface area contributed by atoms with Crippen molar-refractivity contribution in [2.75, 3.05) is 10.6 Å². The maximum atomic E-state index is 12.5. The number of carbonyl (C=O) groups is 1. The topological polar surface area (TPSA) is 168 Å². The zero-order valence-electron chi connectivity index (χ0n) is 17.2. The zero-order chi connectivity index (χ0) is 24.1. The maximum absolute atomic E-state index is 12.5. The van der Waals surface area contributed by atoms with Crippen LogP contribution in [0.2, 0.25) is 5.02 Å². The van der Waals surface area contributed by atoms with E-state index in [2.05, 4.69) is 30.5 Å². The summed E-state index contributed by atoms with van der Waals surface area (Å²) in [5, 5.41) is 15.6. The number of hydrogen-bond donors (Lipinski definition) is 4. The molecule has 2 heterocycles. The van der Waals surface area contributed by atoms with Gasteiger partial charge in [-0.1, -0.05) is 28.7 Å². The van der Waals surface area contributed by atoms with Gasteiger partial charge in [0, 0.05) is 28.0 Å². The van der Waals surface area contributed by atoms with E-state index in [-0.39, 0.29) is 28.9 Å². The number of aromatic amines is 1. The summed E-state index contributed by atoms with van der Waals surface area (Å²) in [5.41, 5.74) is 1.00. The number of nitriles is 1. The summed E-state index contributed by atoms with van der Waals surface area (Å²) in [6.45, 7) is 0. The van der Waals surface area contributed by atoms with Gasteiger partial charge in [0.25, 0.3) is 11.5 Å². The SMILES string of the molecule is N#Cc1c(-c2ccc(NC(=O)c3ccc(OON)o3)cc2)nc(Nc2ccc(Cl)cc2)[nH]c1=O. The van der Waals surface area contributed by atoms with Crippen molar-refractivity contribution in [2.24, 2.45) is 5.90 Å². The van der Waals surface area contributed by atoms with Crippen molar-refractivity contribution in [1.82, 2.24) is 9.97 Å². The highest BCUT2D eigenvalue weighted by molar-refractivity contribution is 6.30. The van der Waals surface area contributed by atoms with Gasteiger partial charge in [0.1, 0.15) is 11.6 Å². The van der Waals surface area contributed by atoms with E-state index in [1.54, 1.807) is 48.5 Å². The van der Waals surface area contributed by atoms with E-state index in [1.165, 1.54) is 12.1 Å². The van der Waals surface area contributed by atoms with Crippen LogP contribution in [0.25, 0.3) is 11.3 Å². The Morgan fingerprint density at radius 3 is 2.47 bits per heavy atom. The Labute approximate surface area is 196 Å². The van der Waals surface area contributed by atoms with Gasteiger partial charge in [-0.05, 0) is 42.5 Å². The minimum Gasteiger partial charge on any atom is -0.418 e. The molecule has 1 amide bonds. The second-order valence-electron chi connectivity index (χ2n) is 6.71. The Bertz CT molecular complexity index is 1420. The van der Waals surface area contributed by atoms with Crippen molar-refractivity contribution in [2.45, 2.75) is 0 Å². The highest BCUT2D eigenvalue weighted by atomic mass is 35.5. The van der Waals surface area contributed by atoms with Crippen LogP contribution in [0, 0.1) is 11.3 Å². The lowest BCUT2D eigenvalue weighted by molar-refractivity contribution is -0.224. The lowest BCUT2D eigenvalue weighted by atomic mass is 10.1. The molecular weight excluding hydrogens is 464 g/mol. The largest absolute Gasteiger partial charge is 0.418 e. The molecule has 0 radical (unpaired) electrons. The number of hydrogen-bond acceptors (Lipinski definition) is 9. The summed E-state index contributed by atoms with van der Waals surface area (Å²) in [7, 11) is 0. The van der Waals surface area contributed by atoms with E-state index in [0.717, 1.165) is 0 Å². The van der Waals surface area contributed by atoms with Gasteiger partial charge < -0.3 is 15.1 Å². The summed E-state index contributed by atoms with van der Waals surface area (Å²) in [6.07, 6.45) is 0. The van der Waals surface area contributed by atoms with Gasteiger partial charge in [-0.3, -0.25) is 19.5 Å². The number of halogens is 1. The molecule has 4 rings (SSSR count). The van der Waals surface area contributed by atoms with Crippen LogP contribution in [0.4, 0.5) is 17.3 Å². The second-order valence-corrected chi connectivity index (χ2v) is 7.15. The normalized spacial score (nSPS) is 10.4. The van der Waals surface area contributed by atoms with Gasteiger partial charge in [0.05, 0.1) is 5.69 Å². The Hall–Kier alpha value is -4.63. The van der Waals surface area contributed by atoms with Crippen LogP contribution in [-0.2, 0) is 4.99 Å². The fourth-order valence-electron chi connectivity index (χ4n) is 2.95. The first kappa shape index (κ1) is 22.6. The van der Waals surface area contributed by atoms with E-state index in [1.807, 2.05) is 6.07 Å². The molecule has 0 bridgehead atoms. The molecule has 170 valence electrons. The number of H-pyrrole nitrogens is 1. The van der Waals surface area contributed by atoms with Crippen molar-refractivity contribution < 1.29 is 19.1 Å². The molecule has 0 unspecified atom stereocenters. The third kappa shape index (κ3) is 5.05. The van der Waals surface area contributed by atoms with Crippen molar-refractivity contribution in [3.63, 3.8) is 0 Å². The van der Waals surface area contributed by atoms with Crippen LogP contribution in [0.5, 0.6) is 5.95 Å². The molecule has 5 N–H and O–H groups in total. The number of nitrogens with zero attached hydrogens (tertiary/aromatic N) is 2. The van der Waals surface area contributed by atoms with E-state index in [0.29, 0.717) is 22.0 Å². The van der Waals surface area contributed by atoms with Crippen LogP contribution in [0.3, 0.4) is 0 Å². The molecule has 4 aromatic rings. The van der Waals surface area contributed by atoms with E-state index in [4.69, 9.17) is 21.9 Å². The molecule has 0 saturated carbocycles. The molecule has 0 aliphatic heterocycles. The predicted octanol–water partition coefficient (Wildman–Crippen LogP) is 3.73. The Kier molecular flexibility index (Phi) is 6.56. The Morgan fingerprint density at radius 2 is 1.79 bits per heavy atom. The number of anilines is 3. The number of rotatable bonds is 7. The number of carbonyl (C=O) groups excluding carboxylic acids is 1. The Morgan fingerprint density at radius 1 is 1.09 bits per heavy atom. The third-order valence-electron chi connectivity index (χ3n) is 4.49.